The van der Waals surface area contributed by atoms with Crippen LogP contribution in [0.4, 0.5) is 0 Å². The van der Waals surface area contributed by atoms with Gasteiger partial charge in [-0.3, -0.25) is 0 Å². The first-order chi connectivity index (χ1) is 10.8. The molecule has 0 aliphatic rings. The zero-order valence-electron chi connectivity index (χ0n) is 13.7. The highest BCUT2D eigenvalue weighted by Crippen LogP contribution is 2.29. The van der Waals surface area contributed by atoms with Gasteiger partial charge in [-0.1, -0.05) is 45.0 Å². The Morgan fingerprint density at radius 2 is 1.78 bits per heavy atom. The number of benzene rings is 2. The van der Waals surface area contributed by atoms with Gasteiger partial charge in [0, 0.05) is 5.56 Å². The van der Waals surface area contributed by atoms with E-state index >= 15 is 0 Å². The van der Waals surface area contributed by atoms with Gasteiger partial charge in [-0.2, -0.15) is 0 Å². The number of para-hydroxylation sites is 1. The Labute approximate surface area is 136 Å². The first-order valence-electron chi connectivity index (χ1n) is 7.62. The number of carboxylic acid groups (broad SMARTS) is 1. The highest BCUT2D eigenvalue weighted by atomic mass is 16.5. The molecular formula is C19H22O4. The van der Waals surface area contributed by atoms with E-state index in [2.05, 4.69) is 20.8 Å². The van der Waals surface area contributed by atoms with Crippen molar-refractivity contribution in [3.05, 3.63) is 59.2 Å². The van der Waals surface area contributed by atoms with Gasteiger partial charge in [0.15, 0.2) is 0 Å². The van der Waals surface area contributed by atoms with Crippen molar-refractivity contribution < 1.29 is 19.7 Å². The molecule has 122 valence electrons. The summed E-state index contributed by atoms with van der Waals surface area (Å²) in [7, 11) is 0. The lowest BCUT2D eigenvalue weighted by Gasteiger charge is -2.23. The summed E-state index contributed by atoms with van der Waals surface area (Å²) in [5.74, 6) is -0.722. The van der Waals surface area contributed by atoms with Crippen LogP contribution in [-0.2, 0) is 12.0 Å². The normalized spacial score (nSPS) is 11.3. The molecule has 0 spiro atoms. The molecule has 0 heterocycles. The quantitative estimate of drug-likeness (QED) is 0.831. The van der Waals surface area contributed by atoms with E-state index in [9.17, 15) is 9.90 Å². The van der Waals surface area contributed by atoms with E-state index in [0.717, 1.165) is 6.42 Å². The van der Waals surface area contributed by atoms with Crippen LogP contribution in [0.15, 0.2) is 42.5 Å². The molecule has 4 heteroatoms. The number of hydrogen-bond donors (Lipinski definition) is 2. The summed E-state index contributed by atoms with van der Waals surface area (Å²) in [4.78, 5) is 11.0. The fraction of sp³-hybridized carbons (Fsp3) is 0.316. The van der Waals surface area contributed by atoms with Gasteiger partial charge in [0.2, 0.25) is 0 Å². The molecule has 4 nitrogen and oxygen atoms in total. The van der Waals surface area contributed by atoms with Crippen LogP contribution in [0.2, 0.25) is 0 Å². The number of carboxylic acids is 1. The lowest BCUT2D eigenvalue weighted by atomic mass is 9.82. The second-order valence-electron chi connectivity index (χ2n) is 6.17. The molecule has 0 fully saturated rings. The number of aromatic carboxylic acids is 1. The van der Waals surface area contributed by atoms with Crippen LogP contribution in [0.5, 0.6) is 11.5 Å². The molecule has 0 radical (unpaired) electrons. The number of aromatic hydroxyl groups is 1. The van der Waals surface area contributed by atoms with Gasteiger partial charge < -0.3 is 14.9 Å². The fourth-order valence-corrected chi connectivity index (χ4v) is 2.25. The number of carbonyl (C=O) groups is 1. The Kier molecular flexibility index (Phi) is 4.94. The fourth-order valence-electron chi connectivity index (χ4n) is 2.25. The van der Waals surface area contributed by atoms with Crippen LogP contribution in [0, 0.1) is 0 Å². The third-order valence-electron chi connectivity index (χ3n) is 4.26. The van der Waals surface area contributed by atoms with E-state index in [-0.39, 0.29) is 23.3 Å². The minimum absolute atomic E-state index is 0.115. The van der Waals surface area contributed by atoms with Gasteiger partial charge in [-0.15, -0.1) is 0 Å². The van der Waals surface area contributed by atoms with Crippen molar-refractivity contribution in [3.63, 3.8) is 0 Å². The summed E-state index contributed by atoms with van der Waals surface area (Å²) in [5, 5.41) is 19.0. The molecule has 0 atom stereocenters. The highest BCUT2D eigenvalue weighted by molar-refractivity contribution is 5.91. The van der Waals surface area contributed by atoms with Gasteiger partial charge in [-0.25, -0.2) is 4.79 Å². The van der Waals surface area contributed by atoms with Crippen LogP contribution in [0.25, 0.3) is 0 Å². The van der Waals surface area contributed by atoms with Crippen LogP contribution in [-0.4, -0.2) is 16.2 Å². The molecule has 0 saturated heterocycles. The number of phenols is 1. The van der Waals surface area contributed by atoms with Crippen molar-refractivity contribution in [1.29, 1.82) is 0 Å². The van der Waals surface area contributed by atoms with E-state index in [4.69, 9.17) is 9.84 Å². The lowest BCUT2D eigenvalue weighted by molar-refractivity contribution is 0.0693. The van der Waals surface area contributed by atoms with Crippen molar-refractivity contribution in [2.24, 2.45) is 0 Å². The average Bonchev–Trinajstić information content (AvgIpc) is 2.54. The molecule has 2 rings (SSSR count). The summed E-state index contributed by atoms with van der Waals surface area (Å²) in [5.41, 5.74) is 1.68. The summed E-state index contributed by atoms with van der Waals surface area (Å²) in [6, 6.07) is 12.5. The van der Waals surface area contributed by atoms with E-state index in [1.807, 2.05) is 24.3 Å². The average molecular weight is 314 g/mol. The second-order valence-corrected chi connectivity index (χ2v) is 6.17. The van der Waals surface area contributed by atoms with E-state index < -0.39 is 5.97 Å². The van der Waals surface area contributed by atoms with Crippen molar-refractivity contribution >= 4 is 5.97 Å². The van der Waals surface area contributed by atoms with Crippen LogP contribution in [0.3, 0.4) is 0 Å². The third kappa shape index (κ3) is 3.83. The minimum Gasteiger partial charge on any atom is -0.507 e. The van der Waals surface area contributed by atoms with Crippen LogP contribution >= 0.6 is 0 Å². The maximum absolute atomic E-state index is 11.0. The molecule has 0 aliphatic heterocycles. The molecule has 2 aromatic rings. The molecule has 0 saturated carbocycles. The Bertz CT molecular complexity index is 687. The largest absolute Gasteiger partial charge is 0.507 e. The second kappa shape index (κ2) is 6.73. The van der Waals surface area contributed by atoms with E-state index in [1.165, 1.54) is 11.6 Å². The summed E-state index contributed by atoms with van der Waals surface area (Å²) in [6.45, 7) is 6.66. The zero-order chi connectivity index (χ0) is 17.0. The topological polar surface area (TPSA) is 66.8 Å². The summed E-state index contributed by atoms with van der Waals surface area (Å²) < 4.78 is 5.66. The monoisotopic (exact) mass is 314 g/mol. The molecule has 2 aromatic carbocycles. The molecule has 0 amide bonds. The van der Waals surface area contributed by atoms with E-state index in [0.29, 0.717) is 11.3 Å². The van der Waals surface area contributed by atoms with Crippen molar-refractivity contribution in [2.75, 3.05) is 0 Å². The number of ether oxygens (including phenoxy) is 1. The van der Waals surface area contributed by atoms with Crippen LogP contribution in [0.1, 0.15) is 48.7 Å². The number of rotatable bonds is 6. The minimum atomic E-state index is -1.16. The molecule has 0 aromatic heterocycles. The Morgan fingerprint density at radius 1 is 1.13 bits per heavy atom. The first kappa shape index (κ1) is 16.9. The molecule has 23 heavy (non-hydrogen) atoms. The molecule has 0 unspecified atom stereocenters. The lowest BCUT2D eigenvalue weighted by Crippen LogP contribution is -2.15. The van der Waals surface area contributed by atoms with Gasteiger partial charge in [-0.05, 0) is 35.6 Å². The SMILES string of the molecule is CCC(C)(C)c1ccc(OCc2cccc(C(=O)O)c2O)cc1. The van der Waals surface area contributed by atoms with Gasteiger partial charge >= 0.3 is 5.97 Å². The van der Waals surface area contributed by atoms with Crippen LogP contribution < -0.4 is 4.74 Å². The van der Waals surface area contributed by atoms with E-state index in [1.54, 1.807) is 12.1 Å². The zero-order valence-corrected chi connectivity index (χ0v) is 13.7. The molecule has 0 bridgehead atoms. The maximum atomic E-state index is 11.0. The maximum Gasteiger partial charge on any atom is 0.339 e. The van der Waals surface area contributed by atoms with Crippen molar-refractivity contribution in [1.82, 2.24) is 0 Å². The Hall–Kier alpha value is -2.49. The smallest absolute Gasteiger partial charge is 0.339 e. The van der Waals surface area contributed by atoms with Gasteiger partial charge in [0.05, 0.1) is 0 Å². The predicted octanol–water partition coefficient (Wildman–Crippen LogP) is 4.36. The predicted molar refractivity (Wildman–Crippen MR) is 89.2 cm³/mol. The standard InChI is InChI=1S/C19H22O4/c1-4-19(2,3)14-8-10-15(11-9-14)23-12-13-6-5-7-16(17(13)20)18(21)22/h5-11,20H,4,12H2,1-3H3,(H,21,22). The molecular weight excluding hydrogens is 292 g/mol. The first-order valence-corrected chi connectivity index (χ1v) is 7.62. The Balaban J connectivity index is 2.10. The highest BCUT2D eigenvalue weighted by Gasteiger charge is 2.18. The van der Waals surface area contributed by atoms with Gasteiger partial charge in [0.1, 0.15) is 23.7 Å². The summed E-state index contributed by atoms with van der Waals surface area (Å²) in [6.07, 6.45) is 1.04. The van der Waals surface area contributed by atoms with Gasteiger partial charge in [0.25, 0.3) is 0 Å². The molecule has 2 N–H and O–H groups in total. The third-order valence-corrected chi connectivity index (χ3v) is 4.26. The van der Waals surface area contributed by atoms with Crippen molar-refractivity contribution in [3.8, 4) is 11.5 Å². The van der Waals surface area contributed by atoms with Crippen molar-refractivity contribution in [2.45, 2.75) is 39.2 Å². The Morgan fingerprint density at radius 3 is 2.35 bits per heavy atom. The number of hydrogen-bond acceptors (Lipinski definition) is 3. The molecule has 0 aliphatic carbocycles. The summed E-state index contributed by atoms with van der Waals surface area (Å²) >= 11 is 0.